The topological polar surface area (TPSA) is 79.0 Å². The molecule has 29 heavy (non-hydrogen) atoms. The van der Waals surface area contributed by atoms with Crippen LogP contribution in [-0.2, 0) is 14.8 Å². The predicted molar refractivity (Wildman–Crippen MR) is 116 cm³/mol. The summed E-state index contributed by atoms with van der Waals surface area (Å²) in [5, 5.41) is 2.79. The SMILES string of the molecule is COc1ccc(NC(=O)CN(c2ccc(C)cc2)C(C)C)cc1S(=O)(=O)N(C)C. The van der Waals surface area contributed by atoms with Gasteiger partial charge in [0.1, 0.15) is 10.6 Å². The molecule has 0 aliphatic carbocycles. The first-order valence-electron chi connectivity index (χ1n) is 9.30. The Balaban J connectivity index is 2.24. The molecule has 1 N–H and O–H groups in total. The first-order chi connectivity index (χ1) is 13.6. The highest BCUT2D eigenvalue weighted by Gasteiger charge is 2.23. The van der Waals surface area contributed by atoms with Crippen molar-refractivity contribution in [3.63, 3.8) is 0 Å². The molecule has 0 heterocycles. The van der Waals surface area contributed by atoms with Crippen LogP contribution in [0.3, 0.4) is 0 Å². The van der Waals surface area contributed by atoms with E-state index in [0.717, 1.165) is 15.6 Å². The van der Waals surface area contributed by atoms with Crippen molar-refractivity contribution < 1.29 is 17.9 Å². The van der Waals surface area contributed by atoms with Crippen LogP contribution in [0.4, 0.5) is 11.4 Å². The van der Waals surface area contributed by atoms with E-state index in [4.69, 9.17) is 4.74 Å². The van der Waals surface area contributed by atoms with Gasteiger partial charge in [-0.15, -0.1) is 0 Å². The Hall–Kier alpha value is -2.58. The van der Waals surface area contributed by atoms with Gasteiger partial charge in [0.05, 0.1) is 13.7 Å². The number of methoxy groups -OCH3 is 1. The van der Waals surface area contributed by atoms with Gasteiger partial charge in [-0.3, -0.25) is 4.79 Å². The van der Waals surface area contributed by atoms with Gasteiger partial charge in [-0.25, -0.2) is 12.7 Å². The molecule has 7 nitrogen and oxygen atoms in total. The third kappa shape index (κ3) is 5.48. The van der Waals surface area contributed by atoms with Crippen molar-refractivity contribution in [2.24, 2.45) is 0 Å². The molecular weight excluding hydrogens is 390 g/mol. The zero-order chi connectivity index (χ0) is 21.8. The molecule has 0 aliphatic heterocycles. The van der Waals surface area contributed by atoms with Gasteiger partial charge in [-0.1, -0.05) is 17.7 Å². The maximum absolute atomic E-state index is 12.7. The number of amides is 1. The number of sulfonamides is 1. The fraction of sp³-hybridized carbons (Fsp3) is 0.381. The predicted octanol–water partition coefficient (Wildman–Crippen LogP) is 3.11. The maximum Gasteiger partial charge on any atom is 0.246 e. The van der Waals surface area contributed by atoms with E-state index in [2.05, 4.69) is 5.32 Å². The van der Waals surface area contributed by atoms with Gasteiger partial charge in [0.2, 0.25) is 15.9 Å². The Labute approximate surface area is 173 Å². The maximum atomic E-state index is 12.7. The molecule has 0 bridgehead atoms. The third-order valence-electron chi connectivity index (χ3n) is 4.51. The van der Waals surface area contributed by atoms with Crippen LogP contribution in [-0.4, -0.2) is 52.4 Å². The Bertz CT molecular complexity index is 954. The fourth-order valence-electron chi connectivity index (χ4n) is 2.82. The zero-order valence-electron chi connectivity index (χ0n) is 17.8. The first-order valence-corrected chi connectivity index (χ1v) is 10.7. The number of anilines is 2. The zero-order valence-corrected chi connectivity index (χ0v) is 18.6. The molecule has 2 rings (SSSR count). The Morgan fingerprint density at radius 3 is 2.24 bits per heavy atom. The number of benzene rings is 2. The van der Waals surface area contributed by atoms with E-state index in [1.165, 1.54) is 33.3 Å². The molecule has 1 amide bonds. The minimum Gasteiger partial charge on any atom is -0.495 e. The molecule has 0 atom stereocenters. The van der Waals surface area contributed by atoms with Gasteiger partial charge >= 0.3 is 0 Å². The van der Waals surface area contributed by atoms with Crippen LogP contribution in [0, 0.1) is 6.92 Å². The van der Waals surface area contributed by atoms with Crippen molar-refractivity contribution in [3.8, 4) is 5.75 Å². The minimum absolute atomic E-state index is 0.00190. The number of ether oxygens (including phenoxy) is 1. The van der Waals surface area contributed by atoms with Crippen LogP contribution in [0.2, 0.25) is 0 Å². The quantitative estimate of drug-likeness (QED) is 0.711. The Morgan fingerprint density at radius 1 is 1.10 bits per heavy atom. The molecule has 0 aliphatic rings. The molecule has 8 heteroatoms. The highest BCUT2D eigenvalue weighted by molar-refractivity contribution is 7.89. The molecule has 0 aromatic heterocycles. The van der Waals surface area contributed by atoms with Crippen molar-refractivity contribution in [3.05, 3.63) is 48.0 Å². The number of aryl methyl sites for hydroxylation is 1. The molecule has 0 radical (unpaired) electrons. The summed E-state index contributed by atoms with van der Waals surface area (Å²) in [7, 11) is 0.585. The van der Waals surface area contributed by atoms with Gasteiger partial charge < -0.3 is 15.0 Å². The molecule has 158 valence electrons. The van der Waals surface area contributed by atoms with E-state index in [9.17, 15) is 13.2 Å². The molecular formula is C21H29N3O4S. The van der Waals surface area contributed by atoms with E-state index in [1.54, 1.807) is 6.07 Å². The van der Waals surface area contributed by atoms with Crippen LogP contribution in [0.5, 0.6) is 5.75 Å². The lowest BCUT2D eigenvalue weighted by atomic mass is 10.2. The number of hydrogen-bond donors (Lipinski definition) is 1. The van der Waals surface area contributed by atoms with E-state index in [-0.39, 0.29) is 29.1 Å². The van der Waals surface area contributed by atoms with E-state index in [1.807, 2.05) is 49.9 Å². The van der Waals surface area contributed by atoms with Crippen molar-refractivity contribution in [1.29, 1.82) is 0 Å². The number of nitrogens with zero attached hydrogens (tertiary/aromatic N) is 2. The summed E-state index contributed by atoms with van der Waals surface area (Å²) in [5.41, 5.74) is 2.49. The molecule has 0 saturated heterocycles. The Kier molecular flexibility index (Phi) is 7.26. The largest absolute Gasteiger partial charge is 0.495 e. The van der Waals surface area contributed by atoms with Gasteiger partial charge in [-0.2, -0.15) is 0 Å². The van der Waals surface area contributed by atoms with Crippen LogP contribution in [0.1, 0.15) is 19.4 Å². The standard InChI is InChI=1S/C21H29N3O4S/c1-15(2)24(18-10-7-16(3)8-11-18)14-21(25)22-17-9-12-19(28-6)20(13-17)29(26,27)23(4)5/h7-13,15H,14H2,1-6H3,(H,22,25). The number of hydrogen-bond acceptors (Lipinski definition) is 5. The number of nitrogens with one attached hydrogen (secondary N) is 1. The van der Waals surface area contributed by atoms with Gasteiger partial charge in [0.25, 0.3) is 0 Å². The lowest BCUT2D eigenvalue weighted by molar-refractivity contribution is -0.115. The van der Waals surface area contributed by atoms with Crippen LogP contribution in [0.15, 0.2) is 47.4 Å². The monoisotopic (exact) mass is 419 g/mol. The van der Waals surface area contributed by atoms with Crippen LogP contribution >= 0.6 is 0 Å². The van der Waals surface area contributed by atoms with Crippen molar-refractivity contribution in [2.45, 2.75) is 31.7 Å². The summed E-state index contributed by atoms with van der Waals surface area (Å²) >= 11 is 0. The molecule has 0 fully saturated rings. The highest BCUT2D eigenvalue weighted by atomic mass is 32.2. The number of carbonyl (C=O) groups is 1. The number of rotatable bonds is 8. The Morgan fingerprint density at radius 2 is 1.72 bits per heavy atom. The fourth-order valence-corrected chi connectivity index (χ4v) is 3.89. The second kappa shape index (κ2) is 9.28. The second-order valence-electron chi connectivity index (χ2n) is 7.26. The summed E-state index contributed by atoms with van der Waals surface area (Å²) < 4.78 is 31.4. The summed E-state index contributed by atoms with van der Waals surface area (Å²) in [6.45, 7) is 6.19. The van der Waals surface area contributed by atoms with Crippen LogP contribution in [0.25, 0.3) is 0 Å². The van der Waals surface area contributed by atoms with Gasteiger partial charge in [0, 0.05) is 31.5 Å². The highest BCUT2D eigenvalue weighted by Crippen LogP contribution is 2.29. The molecule has 0 spiro atoms. The normalized spacial score (nSPS) is 11.6. The lowest BCUT2D eigenvalue weighted by Crippen LogP contribution is -2.38. The summed E-state index contributed by atoms with van der Waals surface area (Å²) in [6, 6.07) is 12.7. The van der Waals surface area contributed by atoms with E-state index < -0.39 is 10.0 Å². The average Bonchev–Trinajstić information content (AvgIpc) is 2.66. The second-order valence-corrected chi connectivity index (χ2v) is 9.38. The van der Waals surface area contributed by atoms with E-state index in [0.29, 0.717) is 5.69 Å². The molecule has 2 aromatic rings. The van der Waals surface area contributed by atoms with Crippen LogP contribution < -0.4 is 15.0 Å². The minimum atomic E-state index is -3.71. The summed E-state index contributed by atoms with van der Waals surface area (Å²) in [4.78, 5) is 14.7. The summed E-state index contributed by atoms with van der Waals surface area (Å²) in [5.74, 6) is -0.0159. The third-order valence-corrected chi connectivity index (χ3v) is 6.35. The molecule has 0 saturated carbocycles. The van der Waals surface area contributed by atoms with Gasteiger partial charge in [-0.05, 0) is 51.1 Å². The number of carbonyl (C=O) groups excluding carboxylic acids is 1. The smallest absolute Gasteiger partial charge is 0.246 e. The van der Waals surface area contributed by atoms with Crippen molar-refractivity contribution in [2.75, 3.05) is 38.0 Å². The van der Waals surface area contributed by atoms with Crippen molar-refractivity contribution in [1.82, 2.24) is 4.31 Å². The molecule has 2 aromatic carbocycles. The van der Waals surface area contributed by atoms with Crippen molar-refractivity contribution >= 4 is 27.3 Å². The molecule has 0 unspecified atom stereocenters. The summed E-state index contributed by atoms with van der Waals surface area (Å²) in [6.07, 6.45) is 0. The first kappa shape index (κ1) is 22.7. The van der Waals surface area contributed by atoms with Gasteiger partial charge in [0.15, 0.2) is 0 Å². The van der Waals surface area contributed by atoms with E-state index >= 15 is 0 Å². The lowest BCUT2D eigenvalue weighted by Gasteiger charge is -2.28. The average molecular weight is 420 g/mol.